The summed E-state index contributed by atoms with van der Waals surface area (Å²) < 4.78 is 5.82. The summed E-state index contributed by atoms with van der Waals surface area (Å²) in [6.45, 7) is 6.51. The molecule has 27 heavy (non-hydrogen) atoms. The van der Waals surface area contributed by atoms with Crippen LogP contribution < -0.4 is 5.32 Å². The zero-order valence-electron chi connectivity index (χ0n) is 14.9. The van der Waals surface area contributed by atoms with E-state index in [1.807, 2.05) is 37.4 Å². The number of fused-ring (bicyclic) bond motifs is 1. The molecular formula is C20H19N5O2. The molecule has 7 heteroatoms. The van der Waals surface area contributed by atoms with Crippen LogP contribution in [0.1, 0.15) is 18.1 Å². The van der Waals surface area contributed by atoms with E-state index >= 15 is 0 Å². The average Bonchev–Trinajstić information content (AvgIpc) is 3.32. The molecule has 0 spiro atoms. The fourth-order valence-electron chi connectivity index (χ4n) is 3.07. The van der Waals surface area contributed by atoms with Crippen LogP contribution in [-0.2, 0) is 16.1 Å². The number of aromatic nitrogens is 3. The molecule has 1 aliphatic heterocycles. The van der Waals surface area contributed by atoms with Gasteiger partial charge in [0.25, 0.3) is 0 Å². The molecule has 3 heterocycles. The summed E-state index contributed by atoms with van der Waals surface area (Å²) in [6, 6.07) is 7.88. The maximum absolute atomic E-state index is 11.4. The molecule has 0 aliphatic carbocycles. The van der Waals surface area contributed by atoms with Crippen molar-refractivity contribution in [2.45, 2.75) is 19.6 Å². The van der Waals surface area contributed by atoms with Gasteiger partial charge in [0.2, 0.25) is 11.8 Å². The number of amides is 1. The number of aromatic amines is 1. The first-order valence-corrected chi connectivity index (χ1v) is 8.69. The van der Waals surface area contributed by atoms with Crippen molar-refractivity contribution in [2.24, 2.45) is 4.99 Å². The van der Waals surface area contributed by atoms with Crippen LogP contribution in [0.3, 0.4) is 0 Å². The second-order valence-electron chi connectivity index (χ2n) is 6.34. The Kier molecular flexibility index (Phi) is 4.42. The Morgan fingerprint density at radius 3 is 3.11 bits per heavy atom. The molecule has 2 N–H and O–H groups in total. The summed E-state index contributed by atoms with van der Waals surface area (Å²) in [5.41, 5.74) is 4.27. The first kappa shape index (κ1) is 17.0. The van der Waals surface area contributed by atoms with Gasteiger partial charge in [0, 0.05) is 18.3 Å². The van der Waals surface area contributed by atoms with Gasteiger partial charge in [-0.2, -0.15) is 0 Å². The lowest BCUT2D eigenvalue weighted by Crippen LogP contribution is -2.19. The Morgan fingerprint density at radius 2 is 2.33 bits per heavy atom. The van der Waals surface area contributed by atoms with Crippen molar-refractivity contribution in [2.75, 3.05) is 6.54 Å². The number of nitrogens with zero attached hydrogens (tertiary/aromatic N) is 3. The first-order chi connectivity index (χ1) is 13.2. The Labute approximate surface area is 156 Å². The molecule has 0 bridgehead atoms. The van der Waals surface area contributed by atoms with Crippen LogP contribution in [-0.4, -0.2) is 39.4 Å². The lowest BCUT2D eigenvalue weighted by molar-refractivity contribution is -0.116. The summed E-state index contributed by atoms with van der Waals surface area (Å²) in [7, 11) is 0. The van der Waals surface area contributed by atoms with Gasteiger partial charge in [-0.05, 0) is 24.6 Å². The lowest BCUT2D eigenvalue weighted by atomic mass is 10.0. The molecule has 0 saturated carbocycles. The average molecular weight is 361 g/mol. The third kappa shape index (κ3) is 3.31. The molecule has 1 unspecified atom stereocenters. The van der Waals surface area contributed by atoms with Gasteiger partial charge in [-0.15, -0.1) is 0 Å². The topological polar surface area (TPSA) is 92.3 Å². The molecular weight excluding hydrogens is 342 g/mol. The van der Waals surface area contributed by atoms with Gasteiger partial charge < -0.3 is 15.0 Å². The monoisotopic (exact) mass is 361 g/mol. The molecule has 1 aliphatic rings. The third-order valence-corrected chi connectivity index (χ3v) is 4.36. The highest BCUT2D eigenvalue weighted by Crippen LogP contribution is 2.30. The summed E-state index contributed by atoms with van der Waals surface area (Å²) in [6.07, 6.45) is 4.71. The smallest absolute Gasteiger partial charge is 0.243 e. The van der Waals surface area contributed by atoms with Crippen molar-refractivity contribution in [3.05, 3.63) is 60.6 Å². The first-order valence-electron chi connectivity index (χ1n) is 8.69. The summed E-state index contributed by atoms with van der Waals surface area (Å²) in [5.74, 6) is 0.405. The number of nitrogens with one attached hydrogen (secondary N) is 2. The number of hydrogen-bond acceptors (Lipinski definition) is 5. The minimum Gasteiger partial charge on any atom is -0.472 e. The van der Waals surface area contributed by atoms with Gasteiger partial charge in [0.05, 0.1) is 23.2 Å². The molecule has 136 valence electrons. The summed E-state index contributed by atoms with van der Waals surface area (Å²) in [5, 5.41) is 3.66. The minimum absolute atomic E-state index is 0.0647. The van der Waals surface area contributed by atoms with Gasteiger partial charge in [-0.1, -0.05) is 24.8 Å². The van der Waals surface area contributed by atoms with Crippen molar-refractivity contribution in [3.8, 4) is 11.3 Å². The van der Waals surface area contributed by atoms with Crippen LogP contribution in [0.25, 0.3) is 22.3 Å². The molecule has 2 aromatic heterocycles. The van der Waals surface area contributed by atoms with E-state index < -0.39 is 0 Å². The molecule has 3 aromatic rings. The van der Waals surface area contributed by atoms with Crippen molar-refractivity contribution in [1.82, 2.24) is 20.3 Å². The minimum atomic E-state index is -0.205. The Morgan fingerprint density at radius 1 is 1.44 bits per heavy atom. The second-order valence-corrected chi connectivity index (χ2v) is 6.34. The van der Waals surface area contributed by atoms with Gasteiger partial charge in [0.15, 0.2) is 0 Å². The van der Waals surface area contributed by atoms with E-state index in [0.717, 1.165) is 33.4 Å². The number of carbonyl (C=O) groups is 1. The van der Waals surface area contributed by atoms with E-state index in [0.29, 0.717) is 19.0 Å². The highest BCUT2D eigenvalue weighted by atomic mass is 16.5. The van der Waals surface area contributed by atoms with Crippen LogP contribution in [0.5, 0.6) is 0 Å². The van der Waals surface area contributed by atoms with Gasteiger partial charge in [-0.25, -0.2) is 15.0 Å². The van der Waals surface area contributed by atoms with Crippen LogP contribution in [0.4, 0.5) is 0 Å². The van der Waals surface area contributed by atoms with Crippen molar-refractivity contribution >= 4 is 22.8 Å². The molecule has 1 atom stereocenters. The Hall–Kier alpha value is -3.48. The predicted molar refractivity (Wildman–Crippen MR) is 103 cm³/mol. The van der Waals surface area contributed by atoms with E-state index in [9.17, 15) is 4.79 Å². The fourth-order valence-corrected chi connectivity index (χ4v) is 3.07. The molecule has 4 rings (SSSR count). The number of aliphatic imine (C=N–C) groups is 1. The highest BCUT2D eigenvalue weighted by molar-refractivity contribution is 6.10. The highest BCUT2D eigenvalue weighted by Gasteiger charge is 2.22. The number of ether oxygens (including phenoxy) is 1. The van der Waals surface area contributed by atoms with Crippen molar-refractivity contribution in [1.29, 1.82) is 0 Å². The molecule has 1 aromatic carbocycles. The van der Waals surface area contributed by atoms with E-state index in [4.69, 9.17) is 4.74 Å². The molecule has 0 saturated heterocycles. The standard InChI is InChI=1S/C20H19N5O2/c1-3-16(26)21-9-13-5-4-6-14(7-13)18-17-15(20-23-8-12(2)27-20)10-22-19(17)25-11-24-18/h3-7,10-12H,1,8-9H2,2H3,(H,21,26)(H,22,24,25). The zero-order chi connectivity index (χ0) is 18.8. The SMILES string of the molecule is C=CC(=O)NCc1cccc(-c2ncnc3[nH]cc(C4=NCC(C)O4)c23)c1. The van der Waals surface area contributed by atoms with Crippen LogP contribution in [0.15, 0.2) is 54.4 Å². The third-order valence-electron chi connectivity index (χ3n) is 4.36. The summed E-state index contributed by atoms with van der Waals surface area (Å²) >= 11 is 0. The predicted octanol–water partition coefficient (Wildman–Crippen LogP) is 2.59. The maximum Gasteiger partial charge on any atom is 0.243 e. The quantitative estimate of drug-likeness (QED) is 0.683. The van der Waals surface area contributed by atoms with Crippen LogP contribution >= 0.6 is 0 Å². The van der Waals surface area contributed by atoms with E-state index in [1.54, 1.807) is 0 Å². The normalized spacial score (nSPS) is 16.0. The second kappa shape index (κ2) is 7.03. The molecule has 0 fully saturated rings. The van der Waals surface area contributed by atoms with Crippen LogP contribution in [0.2, 0.25) is 0 Å². The number of hydrogen-bond donors (Lipinski definition) is 2. The van der Waals surface area contributed by atoms with Crippen molar-refractivity contribution in [3.63, 3.8) is 0 Å². The Balaban J connectivity index is 1.75. The van der Waals surface area contributed by atoms with E-state index in [2.05, 4.69) is 31.8 Å². The van der Waals surface area contributed by atoms with Gasteiger partial charge >= 0.3 is 0 Å². The van der Waals surface area contributed by atoms with Crippen molar-refractivity contribution < 1.29 is 9.53 Å². The summed E-state index contributed by atoms with van der Waals surface area (Å²) in [4.78, 5) is 27.9. The fraction of sp³-hybridized carbons (Fsp3) is 0.200. The molecule has 7 nitrogen and oxygen atoms in total. The van der Waals surface area contributed by atoms with E-state index in [1.165, 1.54) is 12.4 Å². The van der Waals surface area contributed by atoms with Gasteiger partial charge in [-0.3, -0.25) is 4.79 Å². The molecule has 1 amide bonds. The lowest BCUT2D eigenvalue weighted by Gasteiger charge is -2.09. The van der Waals surface area contributed by atoms with Gasteiger partial charge in [0.1, 0.15) is 18.1 Å². The number of benzene rings is 1. The zero-order valence-corrected chi connectivity index (χ0v) is 14.9. The number of H-pyrrole nitrogens is 1. The van der Waals surface area contributed by atoms with Crippen LogP contribution in [0, 0.1) is 0 Å². The van der Waals surface area contributed by atoms with E-state index in [-0.39, 0.29) is 12.0 Å². The largest absolute Gasteiger partial charge is 0.472 e. The number of rotatable bonds is 5. The Bertz CT molecular complexity index is 1050. The maximum atomic E-state index is 11.4. The molecule has 0 radical (unpaired) electrons. The number of carbonyl (C=O) groups excluding carboxylic acids is 1.